The predicted octanol–water partition coefficient (Wildman–Crippen LogP) is 4.77. The molecule has 0 atom stereocenters. The van der Waals surface area contributed by atoms with Crippen LogP contribution >= 0.6 is 0 Å². The van der Waals surface area contributed by atoms with Gasteiger partial charge in [-0.05, 0) is 55.8 Å². The molecule has 1 N–H and O–H groups in total. The van der Waals surface area contributed by atoms with E-state index in [-0.39, 0.29) is 0 Å². The van der Waals surface area contributed by atoms with Gasteiger partial charge in [0.15, 0.2) is 0 Å². The minimum absolute atomic E-state index is 0.658. The molecule has 0 unspecified atom stereocenters. The maximum absolute atomic E-state index is 5.26. The highest BCUT2D eigenvalue weighted by Crippen LogP contribution is 2.32. The maximum atomic E-state index is 5.26. The monoisotopic (exact) mass is 344 g/mol. The first-order valence-corrected chi connectivity index (χ1v) is 8.47. The lowest BCUT2D eigenvalue weighted by atomic mass is 10.1. The molecule has 0 bridgehead atoms. The van der Waals surface area contributed by atoms with E-state index >= 15 is 0 Å². The molecular weight excluding hydrogens is 324 g/mol. The summed E-state index contributed by atoms with van der Waals surface area (Å²) in [5.41, 5.74) is 5.33. The Balaban J connectivity index is 1.85. The first-order chi connectivity index (χ1) is 12.7. The number of anilines is 2. The van der Waals surface area contributed by atoms with Crippen LogP contribution in [0, 0.1) is 13.8 Å². The molecule has 26 heavy (non-hydrogen) atoms. The number of rotatable bonds is 4. The first-order valence-electron chi connectivity index (χ1n) is 8.47. The van der Waals surface area contributed by atoms with Gasteiger partial charge in [0, 0.05) is 23.6 Å². The number of nitrogens with zero attached hydrogens (tertiary/aromatic N) is 3. The molecule has 0 radical (unpaired) electrons. The molecular formula is C21H20N4O. The fourth-order valence-electron chi connectivity index (χ4n) is 3.04. The number of imidazole rings is 1. The molecule has 0 saturated heterocycles. The second-order valence-electron chi connectivity index (χ2n) is 6.27. The molecule has 0 fully saturated rings. The van der Waals surface area contributed by atoms with Crippen LogP contribution in [0.1, 0.15) is 11.1 Å². The highest BCUT2D eigenvalue weighted by atomic mass is 16.5. The van der Waals surface area contributed by atoms with Gasteiger partial charge in [-0.3, -0.25) is 4.40 Å². The van der Waals surface area contributed by atoms with E-state index in [0.29, 0.717) is 5.78 Å². The third-order valence-electron chi connectivity index (χ3n) is 4.40. The van der Waals surface area contributed by atoms with Crippen LogP contribution in [0.2, 0.25) is 0 Å². The number of ether oxygens (including phenoxy) is 1. The van der Waals surface area contributed by atoms with E-state index < -0.39 is 0 Å². The van der Waals surface area contributed by atoms with Crippen LogP contribution < -0.4 is 10.1 Å². The molecule has 2 aromatic heterocycles. The van der Waals surface area contributed by atoms with Crippen molar-refractivity contribution in [3.63, 3.8) is 0 Å². The van der Waals surface area contributed by atoms with Crippen molar-refractivity contribution >= 4 is 17.3 Å². The number of hydrogen-bond acceptors (Lipinski definition) is 4. The first kappa shape index (κ1) is 16.1. The van der Waals surface area contributed by atoms with Crippen LogP contribution in [-0.2, 0) is 0 Å². The molecule has 4 aromatic rings. The fourth-order valence-corrected chi connectivity index (χ4v) is 3.04. The number of methoxy groups -OCH3 is 1. The van der Waals surface area contributed by atoms with Gasteiger partial charge in [-0.2, -0.15) is 0 Å². The summed E-state index contributed by atoms with van der Waals surface area (Å²) in [6.45, 7) is 4.20. The van der Waals surface area contributed by atoms with Crippen molar-refractivity contribution in [2.24, 2.45) is 0 Å². The van der Waals surface area contributed by atoms with Gasteiger partial charge in [-0.25, -0.2) is 9.97 Å². The Morgan fingerprint density at radius 3 is 2.58 bits per heavy atom. The van der Waals surface area contributed by atoms with Gasteiger partial charge >= 0.3 is 0 Å². The fraction of sp³-hybridized carbons (Fsp3) is 0.143. The quantitative estimate of drug-likeness (QED) is 0.580. The Kier molecular flexibility index (Phi) is 4.05. The van der Waals surface area contributed by atoms with Gasteiger partial charge < -0.3 is 10.1 Å². The van der Waals surface area contributed by atoms with Crippen molar-refractivity contribution in [1.82, 2.24) is 14.4 Å². The lowest BCUT2D eigenvalue weighted by Crippen LogP contribution is -1.99. The van der Waals surface area contributed by atoms with Crippen molar-refractivity contribution < 1.29 is 4.74 Å². The van der Waals surface area contributed by atoms with E-state index in [0.717, 1.165) is 28.5 Å². The van der Waals surface area contributed by atoms with E-state index in [1.807, 2.05) is 40.9 Å². The van der Waals surface area contributed by atoms with Gasteiger partial charge in [0.25, 0.3) is 0 Å². The summed E-state index contributed by atoms with van der Waals surface area (Å²) in [6.07, 6.45) is 3.72. The molecule has 0 aliphatic heterocycles. The lowest BCUT2D eigenvalue weighted by molar-refractivity contribution is 0.415. The van der Waals surface area contributed by atoms with Gasteiger partial charge in [0.2, 0.25) is 5.78 Å². The van der Waals surface area contributed by atoms with Gasteiger partial charge in [0.1, 0.15) is 17.3 Å². The second-order valence-corrected chi connectivity index (χ2v) is 6.27. The molecule has 2 aromatic carbocycles. The molecule has 0 aliphatic carbocycles. The van der Waals surface area contributed by atoms with Crippen LogP contribution in [0.15, 0.2) is 60.9 Å². The van der Waals surface area contributed by atoms with E-state index in [2.05, 4.69) is 42.3 Å². The summed E-state index contributed by atoms with van der Waals surface area (Å²) >= 11 is 0. The number of aryl methyl sites for hydroxylation is 2. The highest BCUT2D eigenvalue weighted by Gasteiger charge is 2.15. The largest absolute Gasteiger partial charge is 0.497 e. The standard InChI is InChI=1S/C21H20N4O/c1-14-5-10-18(15(2)13-14)23-20-19(16-6-8-17(26-3)9-7-16)24-21-22-11-4-12-25(20)21/h4-13,23H,1-3H3. The number of nitrogens with one attached hydrogen (secondary N) is 1. The van der Waals surface area contributed by atoms with Gasteiger partial charge in [0.05, 0.1) is 7.11 Å². The third-order valence-corrected chi connectivity index (χ3v) is 4.40. The molecule has 0 saturated carbocycles. The van der Waals surface area contributed by atoms with Gasteiger partial charge in [-0.1, -0.05) is 17.7 Å². The number of hydrogen-bond donors (Lipinski definition) is 1. The summed E-state index contributed by atoms with van der Waals surface area (Å²) in [4.78, 5) is 9.12. The van der Waals surface area contributed by atoms with Crippen molar-refractivity contribution in [1.29, 1.82) is 0 Å². The van der Waals surface area contributed by atoms with Crippen LogP contribution in [0.25, 0.3) is 17.0 Å². The summed E-state index contributed by atoms with van der Waals surface area (Å²) in [6, 6.07) is 16.2. The number of benzene rings is 2. The molecule has 5 nitrogen and oxygen atoms in total. The van der Waals surface area contributed by atoms with E-state index in [9.17, 15) is 0 Å². The lowest BCUT2D eigenvalue weighted by Gasteiger charge is -2.12. The smallest absolute Gasteiger partial charge is 0.235 e. The Morgan fingerprint density at radius 1 is 1.04 bits per heavy atom. The Labute approximate surface area is 152 Å². The molecule has 0 aliphatic rings. The maximum Gasteiger partial charge on any atom is 0.235 e. The molecule has 130 valence electrons. The zero-order chi connectivity index (χ0) is 18.1. The third kappa shape index (κ3) is 2.88. The zero-order valence-electron chi connectivity index (χ0n) is 15.0. The normalized spacial score (nSPS) is 10.9. The highest BCUT2D eigenvalue weighted by molar-refractivity contribution is 5.79. The van der Waals surface area contributed by atoms with Crippen molar-refractivity contribution in [2.75, 3.05) is 12.4 Å². The van der Waals surface area contributed by atoms with Crippen LogP contribution in [0.3, 0.4) is 0 Å². The van der Waals surface area contributed by atoms with E-state index in [4.69, 9.17) is 9.72 Å². The number of fused-ring (bicyclic) bond motifs is 1. The van der Waals surface area contributed by atoms with E-state index in [1.54, 1.807) is 13.3 Å². The number of aromatic nitrogens is 3. The summed E-state index contributed by atoms with van der Waals surface area (Å²) < 4.78 is 7.23. The second kappa shape index (κ2) is 6.52. The SMILES string of the molecule is COc1ccc(-c2nc3ncccn3c2Nc2ccc(C)cc2C)cc1. The Bertz CT molecular complexity index is 1070. The van der Waals surface area contributed by atoms with Crippen molar-refractivity contribution in [3.05, 3.63) is 72.1 Å². The predicted molar refractivity (Wildman–Crippen MR) is 104 cm³/mol. The minimum Gasteiger partial charge on any atom is -0.497 e. The molecule has 0 spiro atoms. The molecule has 5 heteroatoms. The molecule has 0 amide bonds. The summed E-state index contributed by atoms with van der Waals surface area (Å²) in [5, 5.41) is 3.55. The van der Waals surface area contributed by atoms with E-state index in [1.165, 1.54) is 11.1 Å². The van der Waals surface area contributed by atoms with Crippen molar-refractivity contribution in [2.45, 2.75) is 13.8 Å². The van der Waals surface area contributed by atoms with Crippen LogP contribution in [-0.4, -0.2) is 21.5 Å². The zero-order valence-corrected chi connectivity index (χ0v) is 15.0. The van der Waals surface area contributed by atoms with Crippen LogP contribution in [0.5, 0.6) is 5.75 Å². The minimum atomic E-state index is 0.658. The van der Waals surface area contributed by atoms with Crippen LogP contribution in [0.4, 0.5) is 11.5 Å². The van der Waals surface area contributed by atoms with Crippen molar-refractivity contribution in [3.8, 4) is 17.0 Å². The molecule has 2 heterocycles. The summed E-state index contributed by atoms with van der Waals surface area (Å²) in [5.74, 6) is 2.37. The summed E-state index contributed by atoms with van der Waals surface area (Å²) in [7, 11) is 1.66. The topological polar surface area (TPSA) is 51.5 Å². The average Bonchev–Trinajstić information content (AvgIpc) is 3.02. The van der Waals surface area contributed by atoms with Gasteiger partial charge in [-0.15, -0.1) is 0 Å². The average molecular weight is 344 g/mol. The Hall–Kier alpha value is -3.34. The molecule has 4 rings (SSSR count). The Morgan fingerprint density at radius 2 is 1.85 bits per heavy atom.